The lowest BCUT2D eigenvalue weighted by atomic mass is 9.99. The van der Waals surface area contributed by atoms with Crippen molar-refractivity contribution in [1.29, 1.82) is 0 Å². The number of hydrogen-bond acceptors (Lipinski definition) is 3. The number of pyridine rings is 1. The van der Waals surface area contributed by atoms with Gasteiger partial charge in [-0.15, -0.1) is 0 Å². The number of rotatable bonds is 2. The molecule has 18 heavy (non-hydrogen) atoms. The van der Waals surface area contributed by atoms with E-state index in [0.29, 0.717) is 12.0 Å². The molecule has 94 valence electrons. The monoisotopic (exact) mass is 243 g/mol. The molecule has 1 saturated heterocycles. The van der Waals surface area contributed by atoms with Crippen LogP contribution in [-0.4, -0.2) is 27.7 Å². The van der Waals surface area contributed by atoms with Gasteiger partial charge in [-0.1, -0.05) is 0 Å². The summed E-state index contributed by atoms with van der Waals surface area (Å²) in [6.45, 7) is 1.73. The number of aromatic nitrogens is 3. The predicted octanol–water partition coefficient (Wildman–Crippen LogP) is 2.66. The third-order valence-corrected chi connectivity index (χ3v) is 3.97. The first kappa shape index (κ1) is 10.5. The minimum Gasteiger partial charge on any atom is -0.381 e. The summed E-state index contributed by atoms with van der Waals surface area (Å²) in [5.74, 6) is 1.79. The van der Waals surface area contributed by atoms with Crippen LogP contribution >= 0.6 is 0 Å². The van der Waals surface area contributed by atoms with Crippen LogP contribution in [0.5, 0.6) is 0 Å². The summed E-state index contributed by atoms with van der Waals surface area (Å²) in [6.07, 6.45) is 6.61. The van der Waals surface area contributed by atoms with Crippen molar-refractivity contribution in [2.24, 2.45) is 0 Å². The molecule has 0 amide bonds. The number of ether oxygens (including phenoxy) is 1. The van der Waals surface area contributed by atoms with Crippen molar-refractivity contribution >= 4 is 11.2 Å². The Hall–Kier alpha value is -1.42. The van der Waals surface area contributed by atoms with E-state index in [4.69, 9.17) is 9.72 Å². The van der Waals surface area contributed by atoms with E-state index in [1.165, 1.54) is 18.7 Å². The average Bonchev–Trinajstić information content (AvgIpc) is 3.19. The number of fused-ring (bicyclic) bond motifs is 1. The second-order valence-corrected chi connectivity index (χ2v) is 5.30. The van der Waals surface area contributed by atoms with Gasteiger partial charge in [0.25, 0.3) is 0 Å². The van der Waals surface area contributed by atoms with E-state index in [2.05, 4.69) is 15.6 Å². The third-order valence-electron chi connectivity index (χ3n) is 3.97. The van der Waals surface area contributed by atoms with Crippen LogP contribution in [0.15, 0.2) is 18.3 Å². The minimum atomic E-state index is 0.550. The average molecular weight is 243 g/mol. The summed E-state index contributed by atoms with van der Waals surface area (Å²) in [4.78, 5) is 9.37. The molecule has 0 N–H and O–H groups in total. The third kappa shape index (κ3) is 1.63. The van der Waals surface area contributed by atoms with Crippen molar-refractivity contribution in [3.63, 3.8) is 0 Å². The molecule has 3 heterocycles. The van der Waals surface area contributed by atoms with Crippen molar-refractivity contribution in [1.82, 2.24) is 14.5 Å². The molecule has 2 fully saturated rings. The Kier molecular flexibility index (Phi) is 2.36. The lowest BCUT2D eigenvalue weighted by Crippen LogP contribution is -2.18. The molecule has 1 saturated carbocycles. The van der Waals surface area contributed by atoms with Crippen LogP contribution in [0.25, 0.3) is 11.2 Å². The summed E-state index contributed by atoms with van der Waals surface area (Å²) in [6, 6.07) is 4.69. The van der Waals surface area contributed by atoms with Crippen LogP contribution in [0.1, 0.15) is 43.5 Å². The fourth-order valence-corrected chi connectivity index (χ4v) is 2.88. The Labute approximate surface area is 106 Å². The zero-order valence-electron chi connectivity index (χ0n) is 10.4. The van der Waals surface area contributed by atoms with Gasteiger partial charge in [-0.25, -0.2) is 9.97 Å². The van der Waals surface area contributed by atoms with E-state index in [1.807, 2.05) is 12.3 Å². The molecule has 0 unspecified atom stereocenters. The Bertz CT molecular complexity index is 567. The fourth-order valence-electron chi connectivity index (χ4n) is 2.88. The van der Waals surface area contributed by atoms with Crippen LogP contribution in [0, 0.1) is 0 Å². The first-order valence-corrected chi connectivity index (χ1v) is 6.84. The molecule has 0 bridgehead atoms. The zero-order chi connectivity index (χ0) is 11.9. The SMILES string of the molecule is c1cnc2c(c1)nc(C1CCOCC1)n2C1CC1. The van der Waals surface area contributed by atoms with E-state index >= 15 is 0 Å². The molecule has 0 radical (unpaired) electrons. The number of nitrogens with zero attached hydrogens (tertiary/aromatic N) is 3. The topological polar surface area (TPSA) is 39.9 Å². The summed E-state index contributed by atoms with van der Waals surface area (Å²) >= 11 is 0. The Morgan fingerprint density at radius 1 is 1.17 bits per heavy atom. The van der Waals surface area contributed by atoms with Gasteiger partial charge in [-0.05, 0) is 37.8 Å². The van der Waals surface area contributed by atoms with E-state index in [1.54, 1.807) is 0 Å². The normalized spacial score (nSPS) is 21.6. The highest BCUT2D eigenvalue weighted by atomic mass is 16.5. The predicted molar refractivity (Wildman–Crippen MR) is 68.6 cm³/mol. The van der Waals surface area contributed by atoms with Gasteiger partial charge < -0.3 is 9.30 Å². The highest BCUT2D eigenvalue weighted by Crippen LogP contribution is 2.41. The van der Waals surface area contributed by atoms with E-state index in [0.717, 1.165) is 37.2 Å². The second-order valence-electron chi connectivity index (χ2n) is 5.30. The Balaban J connectivity index is 1.84. The fraction of sp³-hybridized carbons (Fsp3) is 0.571. The molecule has 2 aliphatic rings. The van der Waals surface area contributed by atoms with Gasteiger partial charge in [0, 0.05) is 31.4 Å². The van der Waals surface area contributed by atoms with Crippen LogP contribution in [-0.2, 0) is 4.74 Å². The highest BCUT2D eigenvalue weighted by molar-refractivity contribution is 5.71. The van der Waals surface area contributed by atoms with Gasteiger partial charge in [0.2, 0.25) is 0 Å². The van der Waals surface area contributed by atoms with Crippen molar-refractivity contribution in [2.75, 3.05) is 13.2 Å². The van der Waals surface area contributed by atoms with Gasteiger partial charge in [0.05, 0.1) is 0 Å². The maximum absolute atomic E-state index is 5.46. The van der Waals surface area contributed by atoms with Gasteiger partial charge in [0.15, 0.2) is 5.65 Å². The van der Waals surface area contributed by atoms with Crippen LogP contribution in [0.3, 0.4) is 0 Å². The Morgan fingerprint density at radius 3 is 2.78 bits per heavy atom. The molecule has 0 spiro atoms. The van der Waals surface area contributed by atoms with Crippen molar-refractivity contribution in [2.45, 2.75) is 37.6 Å². The standard InChI is InChI=1S/C14H17N3O/c1-2-12-14(15-7-1)17(11-3-4-11)13(16-12)10-5-8-18-9-6-10/h1-2,7,10-11H,3-6,8-9H2. The summed E-state index contributed by atoms with van der Waals surface area (Å²) < 4.78 is 7.85. The first-order chi connectivity index (χ1) is 8.93. The zero-order valence-corrected chi connectivity index (χ0v) is 10.4. The molecule has 0 aromatic carbocycles. The first-order valence-electron chi connectivity index (χ1n) is 6.84. The largest absolute Gasteiger partial charge is 0.381 e. The summed E-state index contributed by atoms with van der Waals surface area (Å²) in [5, 5.41) is 0. The van der Waals surface area contributed by atoms with Gasteiger partial charge >= 0.3 is 0 Å². The lowest BCUT2D eigenvalue weighted by Gasteiger charge is -2.22. The van der Waals surface area contributed by atoms with Gasteiger partial charge in [0.1, 0.15) is 11.3 Å². The lowest BCUT2D eigenvalue weighted by molar-refractivity contribution is 0.0829. The van der Waals surface area contributed by atoms with Crippen LogP contribution in [0.4, 0.5) is 0 Å². The van der Waals surface area contributed by atoms with E-state index < -0.39 is 0 Å². The van der Waals surface area contributed by atoms with Crippen molar-refractivity contribution in [3.05, 3.63) is 24.2 Å². The molecular formula is C14H17N3O. The molecule has 0 atom stereocenters. The van der Waals surface area contributed by atoms with E-state index in [9.17, 15) is 0 Å². The minimum absolute atomic E-state index is 0.550. The molecule has 2 aromatic rings. The Morgan fingerprint density at radius 2 is 2.00 bits per heavy atom. The van der Waals surface area contributed by atoms with Crippen molar-refractivity contribution < 1.29 is 4.74 Å². The maximum atomic E-state index is 5.46. The van der Waals surface area contributed by atoms with Crippen LogP contribution in [0.2, 0.25) is 0 Å². The van der Waals surface area contributed by atoms with Crippen molar-refractivity contribution in [3.8, 4) is 0 Å². The molecule has 4 heteroatoms. The number of hydrogen-bond donors (Lipinski definition) is 0. The quantitative estimate of drug-likeness (QED) is 0.814. The maximum Gasteiger partial charge on any atom is 0.160 e. The molecule has 4 nitrogen and oxygen atoms in total. The summed E-state index contributed by atoms with van der Waals surface area (Å²) in [7, 11) is 0. The number of imidazole rings is 1. The molecule has 4 rings (SSSR count). The van der Waals surface area contributed by atoms with Gasteiger partial charge in [-0.2, -0.15) is 0 Å². The van der Waals surface area contributed by atoms with E-state index in [-0.39, 0.29) is 0 Å². The highest BCUT2D eigenvalue weighted by Gasteiger charge is 2.32. The van der Waals surface area contributed by atoms with Gasteiger partial charge in [-0.3, -0.25) is 0 Å². The molecule has 2 aromatic heterocycles. The molecule has 1 aliphatic heterocycles. The molecule has 1 aliphatic carbocycles. The second kappa shape index (κ2) is 4.05. The molecular weight excluding hydrogens is 226 g/mol. The smallest absolute Gasteiger partial charge is 0.160 e. The van der Waals surface area contributed by atoms with Crippen LogP contribution < -0.4 is 0 Å². The summed E-state index contributed by atoms with van der Waals surface area (Å²) in [5.41, 5.74) is 2.12.